The van der Waals surface area contributed by atoms with Crippen LogP contribution in [0.3, 0.4) is 0 Å². The van der Waals surface area contributed by atoms with Gasteiger partial charge in [-0.05, 0) is 55.7 Å². The second kappa shape index (κ2) is 11.3. The summed E-state index contributed by atoms with van der Waals surface area (Å²) in [5.41, 5.74) is 10.8. The molecule has 0 spiro atoms. The number of nitrogens with one attached hydrogen (secondary N) is 1. The molecular formula is C22H32IN5. The van der Waals surface area contributed by atoms with E-state index in [1.165, 1.54) is 16.8 Å². The first kappa shape index (κ1) is 22.5. The van der Waals surface area contributed by atoms with Gasteiger partial charge in [0.2, 0.25) is 0 Å². The van der Waals surface area contributed by atoms with E-state index in [-0.39, 0.29) is 24.0 Å². The fraction of sp³-hybridized carbons (Fsp3) is 0.409. The van der Waals surface area contributed by atoms with E-state index >= 15 is 0 Å². The van der Waals surface area contributed by atoms with Gasteiger partial charge in [0.1, 0.15) is 0 Å². The molecule has 0 amide bonds. The Morgan fingerprint density at radius 3 is 2.29 bits per heavy atom. The summed E-state index contributed by atoms with van der Waals surface area (Å²) in [5.74, 6) is 0.494. The molecule has 0 aromatic heterocycles. The van der Waals surface area contributed by atoms with E-state index in [0.717, 1.165) is 51.4 Å². The Hall–Kier alpha value is -1.80. The number of rotatable bonds is 6. The van der Waals surface area contributed by atoms with E-state index in [9.17, 15) is 0 Å². The minimum atomic E-state index is 0. The third-order valence-electron chi connectivity index (χ3n) is 4.90. The summed E-state index contributed by atoms with van der Waals surface area (Å²) in [4.78, 5) is 9.45. The van der Waals surface area contributed by atoms with Crippen molar-refractivity contribution in [2.24, 2.45) is 10.7 Å². The van der Waals surface area contributed by atoms with Crippen molar-refractivity contribution in [1.29, 1.82) is 0 Å². The van der Waals surface area contributed by atoms with E-state index in [0.29, 0.717) is 5.96 Å². The van der Waals surface area contributed by atoms with Crippen LogP contribution in [0.2, 0.25) is 0 Å². The second-order valence-electron chi connectivity index (χ2n) is 7.29. The van der Waals surface area contributed by atoms with Crippen molar-refractivity contribution in [3.8, 4) is 0 Å². The molecule has 0 bridgehead atoms. The van der Waals surface area contributed by atoms with Crippen LogP contribution in [0.5, 0.6) is 0 Å². The summed E-state index contributed by atoms with van der Waals surface area (Å²) in [6, 6.07) is 17.0. The Labute approximate surface area is 186 Å². The Morgan fingerprint density at radius 1 is 1.00 bits per heavy atom. The summed E-state index contributed by atoms with van der Waals surface area (Å²) >= 11 is 0. The number of benzene rings is 2. The molecule has 2 aromatic rings. The molecule has 3 N–H and O–H groups in total. The van der Waals surface area contributed by atoms with E-state index in [1.54, 1.807) is 0 Å². The first-order chi connectivity index (χ1) is 13.1. The van der Waals surface area contributed by atoms with Crippen molar-refractivity contribution in [1.82, 2.24) is 4.90 Å². The van der Waals surface area contributed by atoms with Gasteiger partial charge in [-0.3, -0.25) is 9.89 Å². The van der Waals surface area contributed by atoms with Crippen molar-refractivity contribution in [3.63, 3.8) is 0 Å². The molecule has 0 aliphatic carbocycles. The fourth-order valence-electron chi connectivity index (χ4n) is 3.60. The highest BCUT2D eigenvalue weighted by Gasteiger charge is 2.16. The van der Waals surface area contributed by atoms with Crippen molar-refractivity contribution < 1.29 is 0 Å². The van der Waals surface area contributed by atoms with Gasteiger partial charge in [-0.2, -0.15) is 0 Å². The first-order valence-corrected chi connectivity index (χ1v) is 9.78. The Morgan fingerprint density at radius 2 is 1.64 bits per heavy atom. The lowest BCUT2D eigenvalue weighted by molar-refractivity contribution is 0.256. The number of nitrogens with zero attached hydrogens (tertiary/aromatic N) is 3. The van der Waals surface area contributed by atoms with E-state index in [1.807, 2.05) is 0 Å². The standard InChI is InChI=1S/C22H31N5.HI/c1-18-15-19(2)17-20(16-18)25-22(23)24-9-6-10-26-11-13-27(14-12-26)21-7-4-3-5-8-21;/h3-5,7-8,15-17H,6,9-14H2,1-2H3,(H3,23,24,25);1H. The molecule has 1 fully saturated rings. The summed E-state index contributed by atoms with van der Waals surface area (Å²) in [6.07, 6.45) is 1.03. The quantitative estimate of drug-likeness (QED) is 0.278. The van der Waals surface area contributed by atoms with Gasteiger partial charge in [0.15, 0.2) is 5.96 Å². The number of anilines is 2. The van der Waals surface area contributed by atoms with Crippen LogP contribution >= 0.6 is 24.0 Å². The maximum atomic E-state index is 6.03. The van der Waals surface area contributed by atoms with Gasteiger partial charge >= 0.3 is 0 Å². The van der Waals surface area contributed by atoms with Crippen LogP contribution in [0.25, 0.3) is 0 Å². The van der Waals surface area contributed by atoms with Crippen LogP contribution in [-0.4, -0.2) is 50.1 Å². The summed E-state index contributed by atoms with van der Waals surface area (Å²) in [7, 11) is 0. The smallest absolute Gasteiger partial charge is 0.193 e. The largest absolute Gasteiger partial charge is 0.370 e. The van der Waals surface area contributed by atoms with Gasteiger partial charge in [-0.1, -0.05) is 24.3 Å². The van der Waals surface area contributed by atoms with Gasteiger partial charge in [0.05, 0.1) is 0 Å². The average molecular weight is 493 g/mol. The Kier molecular flexibility index (Phi) is 9.05. The molecular weight excluding hydrogens is 461 g/mol. The molecule has 152 valence electrons. The SMILES string of the molecule is Cc1cc(C)cc(NC(N)=NCCCN2CCN(c3ccccc3)CC2)c1.I. The van der Waals surface area contributed by atoms with Crippen LogP contribution in [-0.2, 0) is 0 Å². The van der Waals surface area contributed by atoms with Crippen molar-refractivity contribution in [2.75, 3.05) is 49.5 Å². The van der Waals surface area contributed by atoms with Crippen LogP contribution in [0.4, 0.5) is 11.4 Å². The van der Waals surface area contributed by atoms with Crippen molar-refractivity contribution in [2.45, 2.75) is 20.3 Å². The number of piperazine rings is 1. The molecule has 1 aliphatic heterocycles. The normalized spacial score (nSPS) is 15.2. The second-order valence-corrected chi connectivity index (χ2v) is 7.29. The topological polar surface area (TPSA) is 56.9 Å². The summed E-state index contributed by atoms with van der Waals surface area (Å²) in [6.45, 7) is 10.4. The molecule has 6 heteroatoms. The number of nitrogens with two attached hydrogens (primary N) is 1. The molecule has 0 unspecified atom stereocenters. The Balaban J connectivity index is 0.00000280. The number of guanidine groups is 1. The van der Waals surface area contributed by atoms with Gasteiger partial charge in [0, 0.05) is 50.6 Å². The zero-order valence-electron chi connectivity index (χ0n) is 16.9. The number of aryl methyl sites for hydroxylation is 2. The maximum absolute atomic E-state index is 6.03. The molecule has 1 aliphatic rings. The number of para-hydroxylation sites is 1. The molecule has 1 heterocycles. The Bertz CT molecular complexity index is 735. The highest BCUT2D eigenvalue weighted by atomic mass is 127. The first-order valence-electron chi connectivity index (χ1n) is 9.78. The van der Waals surface area contributed by atoms with E-state index < -0.39 is 0 Å². The molecule has 2 aromatic carbocycles. The summed E-state index contributed by atoms with van der Waals surface area (Å²) < 4.78 is 0. The zero-order chi connectivity index (χ0) is 19.1. The van der Waals surface area contributed by atoms with Gasteiger partial charge < -0.3 is 16.0 Å². The molecule has 1 saturated heterocycles. The van der Waals surface area contributed by atoms with Crippen LogP contribution in [0.15, 0.2) is 53.5 Å². The lowest BCUT2D eigenvalue weighted by Gasteiger charge is -2.36. The summed E-state index contributed by atoms with van der Waals surface area (Å²) in [5, 5.41) is 3.19. The lowest BCUT2D eigenvalue weighted by Crippen LogP contribution is -2.46. The zero-order valence-corrected chi connectivity index (χ0v) is 19.2. The van der Waals surface area contributed by atoms with Crippen LogP contribution in [0, 0.1) is 13.8 Å². The molecule has 3 rings (SSSR count). The lowest BCUT2D eigenvalue weighted by atomic mass is 10.1. The number of hydrogen-bond acceptors (Lipinski definition) is 3. The predicted octanol–water partition coefficient (Wildman–Crippen LogP) is 3.86. The number of aliphatic imine (C=N–C) groups is 1. The van der Waals surface area contributed by atoms with Gasteiger partial charge in [-0.25, -0.2) is 0 Å². The number of hydrogen-bond donors (Lipinski definition) is 2. The molecule has 5 nitrogen and oxygen atoms in total. The van der Waals surface area contributed by atoms with Gasteiger partial charge in [0.25, 0.3) is 0 Å². The predicted molar refractivity (Wildman–Crippen MR) is 131 cm³/mol. The highest BCUT2D eigenvalue weighted by molar-refractivity contribution is 14.0. The van der Waals surface area contributed by atoms with Gasteiger partial charge in [-0.15, -0.1) is 24.0 Å². The van der Waals surface area contributed by atoms with E-state index in [2.05, 4.69) is 82.5 Å². The third-order valence-corrected chi connectivity index (χ3v) is 4.90. The average Bonchev–Trinajstić information content (AvgIpc) is 2.66. The molecule has 0 radical (unpaired) electrons. The minimum absolute atomic E-state index is 0. The van der Waals surface area contributed by atoms with Crippen LogP contribution < -0.4 is 16.0 Å². The monoisotopic (exact) mass is 493 g/mol. The number of halogens is 1. The minimum Gasteiger partial charge on any atom is -0.370 e. The third kappa shape index (κ3) is 6.98. The molecule has 0 atom stereocenters. The van der Waals surface area contributed by atoms with Crippen molar-refractivity contribution >= 4 is 41.3 Å². The van der Waals surface area contributed by atoms with E-state index in [4.69, 9.17) is 5.73 Å². The van der Waals surface area contributed by atoms with Crippen LogP contribution in [0.1, 0.15) is 17.5 Å². The highest BCUT2D eigenvalue weighted by Crippen LogP contribution is 2.16. The molecule has 0 saturated carbocycles. The maximum Gasteiger partial charge on any atom is 0.193 e. The fourth-order valence-corrected chi connectivity index (χ4v) is 3.60. The van der Waals surface area contributed by atoms with Crippen molar-refractivity contribution in [3.05, 3.63) is 59.7 Å². The molecule has 28 heavy (non-hydrogen) atoms.